The maximum atomic E-state index is 13.2. The number of para-hydroxylation sites is 2. The molecule has 1 saturated heterocycles. The topological polar surface area (TPSA) is 62.3 Å². The summed E-state index contributed by atoms with van der Waals surface area (Å²) in [6, 6.07) is 17.8. The average Bonchev–Trinajstić information content (AvgIpc) is 3.22. The number of hydrogen-bond donors (Lipinski definition) is 2. The van der Waals surface area contributed by atoms with Crippen LogP contribution in [0.5, 0.6) is 5.75 Å². The fraction of sp³-hybridized carbons (Fsp3) is 0.333. The number of ether oxygens (including phenoxy) is 1. The Hall–Kier alpha value is -2.90. The molecule has 6 nitrogen and oxygen atoms in total. The lowest BCUT2D eigenvalue weighted by atomic mass is 10.0. The smallest absolute Gasteiger partial charge is 0.269 e. The Bertz CT molecular complexity index is 1070. The van der Waals surface area contributed by atoms with Crippen LogP contribution < -0.4 is 10.1 Å². The van der Waals surface area contributed by atoms with Gasteiger partial charge in [0.1, 0.15) is 11.4 Å². The molecule has 1 aromatic heterocycles. The van der Waals surface area contributed by atoms with Crippen molar-refractivity contribution in [1.82, 2.24) is 19.8 Å². The van der Waals surface area contributed by atoms with Crippen LogP contribution in [0, 0.1) is 4.77 Å². The molecule has 2 heterocycles. The Morgan fingerprint density at radius 2 is 1.81 bits per heavy atom. The Labute approximate surface area is 187 Å². The van der Waals surface area contributed by atoms with Crippen LogP contribution in [0.4, 0.5) is 0 Å². The third-order valence-corrected chi connectivity index (χ3v) is 6.11. The molecule has 1 aliphatic rings. The number of rotatable bonds is 7. The number of benzene rings is 2. The van der Waals surface area contributed by atoms with E-state index in [1.807, 2.05) is 48.5 Å². The summed E-state index contributed by atoms with van der Waals surface area (Å²) >= 11 is 5.42. The molecule has 1 unspecified atom stereocenters. The van der Waals surface area contributed by atoms with Crippen LogP contribution in [0.2, 0.25) is 0 Å². The van der Waals surface area contributed by atoms with Gasteiger partial charge in [-0.05, 0) is 56.3 Å². The van der Waals surface area contributed by atoms with E-state index >= 15 is 0 Å². The van der Waals surface area contributed by atoms with Gasteiger partial charge >= 0.3 is 0 Å². The van der Waals surface area contributed by atoms with Gasteiger partial charge in [-0.1, -0.05) is 42.8 Å². The van der Waals surface area contributed by atoms with Gasteiger partial charge in [-0.15, -0.1) is 0 Å². The van der Waals surface area contributed by atoms with Crippen LogP contribution >= 0.6 is 12.2 Å². The number of piperidine rings is 1. The highest BCUT2D eigenvalue weighted by molar-refractivity contribution is 7.71. The van der Waals surface area contributed by atoms with E-state index in [1.165, 1.54) is 19.3 Å². The van der Waals surface area contributed by atoms with Gasteiger partial charge in [0.2, 0.25) is 0 Å². The molecule has 0 spiro atoms. The summed E-state index contributed by atoms with van der Waals surface area (Å²) in [5.74, 6) is 0.689. The van der Waals surface area contributed by atoms with E-state index < -0.39 is 0 Å². The van der Waals surface area contributed by atoms with E-state index in [2.05, 4.69) is 21.3 Å². The average molecular weight is 437 g/mol. The van der Waals surface area contributed by atoms with E-state index in [4.69, 9.17) is 17.0 Å². The van der Waals surface area contributed by atoms with Crippen molar-refractivity contribution >= 4 is 18.1 Å². The number of likely N-dealkylation sites (tertiary alicyclic amines) is 1. The molecule has 0 bridgehead atoms. The van der Waals surface area contributed by atoms with Gasteiger partial charge in [0.25, 0.3) is 5.91 Å². The minimum atomic E-state index is -0.159. The van der Waals surface area contributed by atoms with E-state index in [0.717, 1.165) is 30.1 Å². The second-order valence-corrected chi connectivity index (χ2v) is 8.10. The maximum Gasteiger partial charge on any atom is 0.269 e. The number of methoxy groups -OCH3 is 1. The van der Waals surface area contributed by atoms with Crippen LogP contribution in [0.1, 0.15) is 41.4 Å². The zero-order chi connectivity index (χ0) is 21.6. The summed E-state index contributed by atoms with van der Waals surface area (Å²) in [7, 11) is 1.69. The lowest BCUT2D eigenvalue weighted by Gasteiger charge is -2.35. The van der Waals surface area contributed by atoms with Gasteiger partial charge in [-0.3, -0.25) is 14.3 Å². The number of carbonyl (C=O) groups is 1. The second-order valence-electron chi connectivity index (χ2n) is 7.71. The van der Waals surface area contributed by atoms with Crippen LogP contribution in [0.25, 0.3) is 5.69 Å². The third-order valence-electron chi connectivity index (χ3n) is 5.81. The molecule has 3 aromatic rings. The molecule has 4 rings (SSSR count). The number of amides is 1. The number of nitrogens with one attached hydrogen (secondary N) is 2. The predicted octanol–water partition coefficient (Wildman–Crippen LogP) is 4.50. The second kappa shape index (κ2) is 9.94. The monoisotopic (exact) mass is 436 g/mol. The summed E-state index contributed by atoms with van der Waals surface area (Å²) in [4.78, 5) is 18.6. The summed E-state index contributed by atoms with van der Waals surface area (Å²) in [5, 5.41) is 3.15. The first-order chi connectivity index (χ1) is 15.2. The van der Waals surface area contributed by atoms with Crippen molar-refractivity contribution in [3.05, 3.63) is 76.8 Å². The molecular weight excluding hydrogens is 408 g/mol. The van der Waals surface area contributed by atoms with Crippen LogP contribution in [0.3, 0.4) is 0 Å². The van der Waals surface area contributed by atoms with Gasteiger partial charge in [0, 0.05) is 24.0 Å². The maximum absolute atomic E-state index is 13.2. The number of nitrogens with zero attached hydrogens (tertiary/aromatic N) is 2. The summed E-state index contributed by atoms with van der Waals surface area (Å²) in [5.41, 5.74) is 2.45. The van der Waals surface area contributed by atoms with Crippen molar-refractivity contribution in [3.8, 4) is 11.4 Å². The Morgan fingerprint density at radius 3 is 2.55 bits per heavy atom. The summed E-state index contributed by atoms with van der Waals surface area (Å²) in [6.07, 6.45) is 5.27. The lowest BCUT2D eigenvalue weighted by molar-refractivity contribution is 0.0916. The molecule has 2 N–H and O–H groups in total. The quantitative estimate of drug-likeness (QED) is 0.536. The standard InChI is InChI=1S/C24H28N4O2S/c1-30-22-13-7-6-12-19(22)20(27-14-8-3-9-15-27)16-25-23(29)21-17-26-24(31)28(21)18-10-4-2-5-11-18/h2,4-7,10-13,17,20H,3,8-9,14-16H2,1H3,(H,25,29)(H,26,31). The molecule has 1 fully saturated rings. The highest BCUT2D eigenvalue weighted by Crippen LogP contribution is 2.31. The SMILES string of the molecule is COc1ccccc1C(CNC(=O)c1c[nH]c(=S)n1-c1ccccc1)N1CCCCC1. The van der Waals surface area contributed by atoms with Crippen LogP contribution in [0.15, 0.2) is 60.8 Å². The van der Waals surface area contributed by atoms with Gasteiger partial charge < -0.3 is 15.0 Å². The summed E-state index contributed by atoms with van der Waals surface area (Å²) in [6.45, 7) is 2.53. The van der Waals surface area contributed by atoms with Crippen LogP contribution in [-0.2, 0) is 0 Å². The van der Waals surface area contributed by atoms with Gasteiger partial charge in [-0.25, -0.2) is 0 Å². The van der Waals surface area contributed by atoms with Gasteiger partial charge in [0.15, 0.2) is 4.77 Å². The molecule has 0 saturated carbocycles. The molecule has 162 valence electrons. The number of aromatic nitrogens is 2. The molecule has 31 heavy (non-hydrogen) atoms. The highest BCUT2D eigenvalue weighted by Gasteiger charge is 2.26. The fourth-order valence-electron chi connectivity index (χ4n) is 4.26. The molecule has 1 aliphatic heterocycles. The van der Waals surface area contributed by atoms with E-state index in [-0.39, 0.29) is 11.9 Å². The van der Waals surface area contributed by atoms with Crippen LogP contribution in [-0.4, -0.2) is 47.1 Å². The van der Waals surface area contributed by atoms with Crippen molar-refractivity contribution in [2.45, 2.75) is 25.3 Å². The number of H-pyrrole nitrogens is 1. The highest BCUT2D eigenvalue weighted by atomic mass is 32.1. The lowest BCUT2D eigenvalue weighted by Crippen LogP contribution is -2.41. The van der Waals surface area contributed by atoms with Crippen molar-refractivity contribution in [2.75, 3.05) is 26.7 Å². The van der Waals surface area contributed by atoms with Crippen molar-refractivity contribution in [3.63, 3.8) is 0 Å². The Morgan fingerprint density at radius 1 is 1.10 bits per heavy atom. The summed E-state index contributed by atoms with van der Waals surface area (Å²) < 4.78 is 7.89. The Kier molecular flexibility index (Phi) is 6.84. The molecular formula is C24H28N4O2S. The third kappa shape index (κ3) is 4.73. The van der Waals surface area contributed by atoms with E-state index in [1.54, 1.807) is 17.9 Å². The molecule has 0 aliphatic carbocycles. The van der Waals surface area contributed by atoms with Crippen molar-refractivity contribution in [2.24, 2.45) is 0 Å². The van der Waals surface area contributed by atoms with E-state index in [9.17, 15) is 4.79 Å². The minimum Gasteiger partial charge on any atom is -0.496 e. The Balaban J connectivity index is 1.58. The molecule has 0 radical (unpaired) electrons. The zero-order valence-electron chi connectivity index (χ0n) is 17.7. The molecule has 2 aromatic carbocycles. The van der Waals surface area contributed by atoms with E-state index in [0.29, 0.717) is 17.0 Å². The number of aromatic amines is 1. The fourth-order valence-corrected chi connectivity index (χ4v) is 4.52. The number of hydrogen-bond acceptors (Lipinski definition) is 4. The zero-order valence-corrected chi connectivity index (χ0v) is 18.5. The first kappa shape index (κ1) is 21.3. The molecule has 1 atom stereocenters. The molecule has 7 heteroatoms. The first-order valence-electron chi connectivity index (χ1n) is 10.7. The first-order valence-corrected chi connectivity index (χ1v) is 11.1. The number of carbonyl (C=O) groups excluding carboxylic acids is 1. The predicted molar refractivity (Wildman–Crippen MR) is 124 cm³/mol. The minimum absolute atomic E-state index is 0.0486. The van der Waals surface area contributed by atoms with Gasteiger partial charge in [-0.2, -0.15) is 0 Å². The van der Waals surface area contributed by atoms with Crippen molar-refractivity contribution < 1.29 is 9.53 Å². The molecule has 1 amide bonds. The normalized spacial score (nSPS) is 15.4. The largest absolute Gasteiger partial charge is 0.496 e. The van der Waals surface area contributed by atoms with Crippen molar-refractivity contribution in [1.29, 1.82) is 0 Å². The number of imidazole rings is 1. The van der Waals surface area contributed by atoms with Gasteiger partial charge in [0.05, 0.1) is 13.2 Å².